The van der Waals surface area contributed by atoms with Gasteiger partial charge in [-0.15, -0.1) is 10.2 Å². The first-order chi connectivity index (χ1) is 13.7. The summed E-state index contributed by atoms with van der Waals surface area (Å²) in [6, 6.07) is 25.3. The molecule has 0 saturated heterocycles. The Morgan fingerprint density at radius 3 is 2.21 bits per heavy atom. The lowest BCUT2D eigenvalue weighted by molar-refractivity contribution is 0.795. The van der Waals surface area contributed by atoms with Crippen LogP contribution in [0, 0.1) is 6.92 Å². The van der Waals surface area contributed by atoms with Crippen LogP contribution in [0.1, 0.15) is 30.9 Å². The predicted molar refractivity (Wildman–Crippen MR) is 118 cm³/mol. The van der Waals surface area contributed by atoms with Gasteiger partial charge in [-0.05, 0) is 37.5 Å². The molecule has 0 unspecified atom stereocenters. The molecule has 3 heteroatoms. The van der Waals surface area contributed by atoms with Gasteiger partial charge < -0.3 is 5.32 Å². The molecule has 0 atom stereocenters. The molecule has 0 amide bonds. The van der Waals surface area contributed by atoms with Gasteiger partial charge in [-0.2, -0.15) is 0 Å². The summed E-state index contributed by atoms with van der Waals surface area (Å²) in [5.41, 5.74) is 5.64. The number of anilines is 2. The molecule has 3 aromatic carbocycles. The molecule has 0 aliphatic carbocycles. The molecule has 0 fully saturated rings. The van der Waals surface area contributed by atoms with E-state index in [1.165, 1.54) is 24.0 Å². The van der Waals surface area contributed by atoms with E-state index in [0.29, 0.717) is 0 Å². The second kappa shape index (κ2) is 8.22. The number of unbranched alkanes of at least 4 members (excludes halogenated alkanes) is 1. The second-order valence-electron chi connectivity index (χ2n) is 7.23. The molecule has 0 aliphatic rings. The zero-order valence-corrected chi connectivity index (χ0v) is 16.4. The van der Waals surface area contributed by atoms with Crippen LogP contribution in [-0.2, 0) is 6.42 Å². The van der Waals surface area contributed by atoms with Crippen molar-refractivity contribution in [3.8, 4) is 11.3 Å². The molecular weight excluding hydrogens is 342 g/mol. The number of nitrogens with zero attached hydrogens (tertiary/aromatic N) is 2. The molecule has 4 rings (SSSR count). The molecule has 0 spiro atoms. The summed E-state index contributed by atoms with van der Waals surface area (Å²) in [5, 5.41) is 14.7. The SMILES string of the molecule is CCCCc1ccc(Nc2nnc(-c3ccc(C)cc3)c3ccccc23)cc1. The normalized spacial score (nSPS) is 10.9. The van der Waals surface area contributed by atoms with Crippen molar-refractivity contribution >= 4 is 22.3 Å². The van der Waals surface area contributed by atoms with E-state index in [1.807, 2.05) is 12.1 Å². The fraction of sp³-hybridized carbons (Fsp3) is 0.200. The van der Waals surface area contributed by atoms with E-state index in [9.17, 15) is 0 Å². The third-order valence-corrected chi connectivity index (χ3v) is 5.05. The first-order valence-electron chi connectivity index (χ1n) is 9.93. The Morgan fingerprint density at radius 1 is 0.786 bits per heavy atom. The summed E-state index contributed by atoms with van der Waals surface area (Å²) >= 11 is 0. The second-order valence-corrected chi connectivity index (χ2v) is 7.23. The number of aryl methyl sites for hydroxylation is 2. The van der Waals surface area contributed by atoms with Gasteiger partial charge in [0, 0.05) is 22.0 Å². The summed E-state index contributed by atoms with van der Waals surface area (Å²) in [5.74, 6) is 0.785. The maximum Gasteiger partial charge on any atom is 0.161 e. The maximum absolute atomic E-state index is 4.55. The number of fused-ring (bicyclic) bond motifs is 1. The van der Waals surface area contributed by atoms with Crippen molar-refractivity contribution in [2.45, 2.75) is 33.1 Å². The third-order valence-electron chi connectivity index (χ3n) is 5.05. The van der Waals surface area contributed by atoms with Crippen LogP contribution in [0.15, 0.2) is 72.8 Å². The van der Waals surface area contributed by atoms with Gasteiger partial charge in [-0.1, -0.05) is 79.6 Å². The number of nitrogens with one attached hydrogen (secondary N) is 1. The molecule has 0 bridgehead atoms. The predicted octanol–water partition coefficient (Wildman–Crippen LogP) is 6.69. The topological polar surface area (TPSA) is 37.8 Å². The minimum absolute atomic E-state index is 0.785. The van der Waals surface area contributed by atoms with Crippen LogP contribution in [0.3, 0.4) is 0 Å². The largest absolute Gasteiger partial charge is 0.338 e. The summed E-state index contributed by atoms with van der Waals surface area (Å²) in [7, 11) is 0. The lowest BCUT2D eigenvalue weighted by atomic mass is 10.0. The van der Waals surface area contributed by atoms with Crippen molar-refractivity contribution in [3.63, 3.8) is 0 Å². The molecule has 0 aliphatic heterocycles. The Labute approximate surface area is 166 Å². The lowest BCUT2D eigenvalue weighted by Crippen LogP contribution is -1.99. The summed E-state index contributed by atoms with van der Waals surface area (Å²) in [4.78, 5) is 0. The van der Waals surface area contributed by atoms with Crippen molar-refractivity contribution in [3.05, 3.63) is 83.9 Å². The van der Waals surface area contributed by atoms with Gasteiger partial charge in [0.25, 0.3) is 0 Å². The molecule has 3 nitrogen and oxygen atoms in total. The van der Waals surface area contributed by atoms with E-state index in [0.717, 1.165) is 40.0 Å². The standard InChI is InChI=1S/C25H25N3/c1-3-4-7-19-12-16-21(17-13-19)26-25-23-9-6-5-8-22(23)24(27-28-25)20-14-10-18(2)11-15-20/h5-6,8-17H,3-4,7H2,1-2H3,(H,26,28). The minimum Gasteiger partial charge on any atom is -0.338 e. The van der Waals surface area contributed by atoms with Crippen molar-refractivity contribution in [2.24, 2.45) is 0 Å². The van der Waals surface area contributed by atoms with E-state index in [1.54, 1.807) is 0 Å². The maximum atomic E-state index is 4.55. The summed E-state index contributed by atoms with van der Waals surface area (Å²) < 4.78 is 0. The molecule has 1 N–H and O–H groups in total. The smallest absolute Gasteiger partial charge is 0.161 e. The quantitative estimate of drug-likeness (QED) is 0.412. The van der Waals surface area contributed by atoms with E-state index < -0.39 is 0 Å². The van der Waals surface area contributed by atoms with Gasteiger partial charge in [-0.3, -0.25) is 0 Å². The first kappa shape index (κ1) is 18.2. The van der Waals surface area contributed by atoms with Crippen LogP contribution in [0.5, 0.6) is 0 Å². The monoisotopic (exact) mass is 367 g/mol. The van der Waals surface area contributed by atoms with Gasteiger partial charge in [0.15, 0.2) is 5.82 Å². The van der Waals surface area contributed by atoms with Crippen LogP contribution in [0.4, 0.5) is 11.5 Å². The van der Waals surface area contributed by atoms with Crippen LogP contribution in [0.2, 0.25) is 0 Å². The van der Waals surface area contributed by atoms with Crippen LogP contribution >= 0.6 is 0 Å². The van der Waals surface area contributed by atoms with Crippen molar-refractivity contribution in [1.29, 1.82) is 0 Å². The Kier molecular flexibility index (Phi) is 5.34. The van der Waals surface area contributed by atoms with Gasteiger partial charge in [0.2, 0.25) is 0 Å². The van der Waals surface area contributed by atoms with Gasteiger partial charge >= 0.3 is 0 Å². The number of aromatic nitrogens is 2. The molecule has 0 saturated carbocycles. The van der Waals surface area contributed by atoms with Crippen molar-refractivity contribution < 1.29 is 0 Å². The van der Waals surface area contributed by atoms with Crippen LogP contribution in [-0.4, -0.2) is 10.2 Å². The van der Waals surface area contributed by atoms with Crippen molar-refractivity contribution in [1.82, 2.24) is 10.2 Å². The first-order valence-corrected chi connectivity index (χ1v) is 9.93. The average molecular weight is 367 g/mol. The lowest BCUT2D eigenvalue weighted by Gasteiger charge is -2.12. The number of rotatable bonds is 6. The van der Waals surface area contributed by atoms with E-state index in [-0.39, 0.29) is 0 Å². The number of benzene rings is 3. The zero-order chi connectivity index (χ0) is 19.3. The highest BCUT2D eigenvalue weighted by Crippen LogP contribution is 2.31. The fourth-order valence-electron chi connectivity index (χ4n) is 3.39. The highest BCUT2D eigenvalue weighted by atomic mass is 15.2. The average Bonchev–Trinajstić information content (AvgIpc) is 2.74. The fourth-order valence-corrected chi connectivity index (χ4v) is 3.39. The van der Waals surface area contributed by atoms with Gasteiger partial charge in [0.1, 0.15) is 5.69 Å². The molecular formula is C25H25N3. The Balaban J connectivity index is 1.67. The summed E-state index contributed by atoms with van der Waals surface area (Å²) in [6.07, 6.45) is 3.57. The minimum atomic E-state index is 0.785. The van der Waals surface area contributed by atoms with Gasteiger partial charge in [0.05, 0.1) is 0 Å². The van der Waals surface area contributed by atoms with E-state index in [4.69, 9.17) is 0 Å². The zero-order valence-electron chi connectivity index (χ0n) is 16.4. The van der Waals surface area contributed by atoms with Crippen molar-refractivity contribution in [2.75, 3.05) is 5.32 Å². The number of hydrogen-bond donors (Lipinski definition) is 1. The van der Waals surface area contributed by atoms with Crippen LogP contribution in [0.25, 0.3) is 22.0 Å². The molecule has 28 heavy (non-hydrogen) atoms. The van der Waals surface area contributed by atoms with E-state index in [2.05, 4.69) is 90.0 Å². The Morgan fingerprint density at radius 2 is 1.50 bits per heavy atom. The molecule has 1 aromatic heterocycles. The van der Waals surface area contributed by atoms with E-state index >= 15 is 0 Å². The van der Waals surface area contributed by atoms with Crippen LogP contribution < -0.4 is 5.32 Å². The number of hydrogen-bond acceptors (Lipinski definition) is 3. The highest BCUT2D eigenvalue weighted by Gasteiger charge is 2.11. The Bertz CT molecular complexity index is 1070. The van der Waals surface area contributed by atoms with Gasteiger partial charge in [-0.25, -0.2) is 0 Å². The summed E-state index contributed by atoms with van der Waals surface area (Å²) in [6.45, 7) is 4.31. The highest BCUT2D eigenvalue weighted by molar-refractivity contribution is 6.00. The third kappa shape index (κ3) is 3.89. The molecule has 140 valence electrons. The molecule has 1 heterocycles. The molecule has 4 aromatic rings. The Hall–Kier alpha value is -3.20. The molecule has 0 radical (unpaired) electrons.